The molecular formula is C30H27N3O3S. The van der Waals surface area contributed by atoms with Gasteiger partial charge in [0.05, 0.1) is 17.9 Å². The molecule has 0 fully saturated rings. The number of amides is 2. The van der Waals surface area contributed by atoms with Crippen LogP contribution in [-0.4, -0.2) is 23.5 Å². The maximum atomic E-state index is 12.8. The third-order valence-electron chi connectivity index (χ3n) is 5.56. The van der Waals surface area contributed by atoms with Crippen LogP contribution in [0.5, 0.6) is 5.75 Å². The van der Waals surface area contributed by atoms with E-state index in [2.05, 4.69) is 28.1 Å². The smallest absolute Gasteiger partial charge is 0.257 e. The molecule has 0 atom stereocenters. The van der Waals surface area contributed by atoms with E-state index in [0.29, 0.717) is 35.7 Å². The van der Waals surface area contributed by atoms with Crippen molar-refractivity contribution in [3.05, 3.63) is 131 Å². The monoisotopic (exact) mass is 509 g/mol. The first kappa shape index (κ1) is 25.6. The minimum Gasteiger partial charge on any atom is -0.493 e. The van der Waals surface area contributed by atoms with Crippen molar-refractivity contribution in [3.8, 4) is 5.75 Å². The molecule has 2 amide bonds. The molecule has 0 aliphatic rings. The summed E-state index contributed by atoms with van der Waals surface area (Å²) in [5, 5.41) is 8.62. The molecule has 0 aliphatic heterocycles. The van der Waals surface area contributed by atoms with Gasteiger partial charge in [-0.3, -0.25) is 14.9 Å². The first-order valence-electron chi connectivity index (χ1n) is 11.9. The molecule has 0 radical (unpaired) electrons. The Morgan fingerprint density at radius 3 is 2.03 bits per heavy atom. The van der Waals surface area contributed by atoms with Gasteiger partial charge in [0.1, 0.15) is 5.75 Å². The summed E-state index contributed by atoms with van der Waals surface area (Å²) in [5.74, 6) is 0.0758. The van der Waals surface area contributed by atoms with Gasteiger partial charge in [-0.05, 0) is 59.7 Å². The van der Waals surface area contributed by atoms with Crippen molar-refractivity contribution in [2.75, 3.05) is 11.9 Å². The second-order valence-electron chi connectivity index (χ2n) is 8.23. The summed E-state index contributed by atoms with van der Waals surface area (Å²) in [4.78, 5) is 25.4. The van der Waals surface area contributed by atoms with E-state index >= 15 is 0 Å². The molecule has 4 aromatic carbocycles. The SMILES string of the molecule is O=C(NC(=S)Nc1ccccc1C(=O)NCc1ccccc1)c1ccc(OCCc2ccccc2)cc1. The third-order valence-corrected chi connectivity index (χ3v) is 5.77. The zero-order valence-electron chi connectivity index (χ0n) is 20.1. The van der Waals surface area contributed by atoms with E-state index in [4.69, 9.17) is 17.0 Å². The van der Waals surface area contributed by atoms with Gasteiger partial charge in [0.2, 0.25) is 0 Å². The summed E-state index contributed by atoms with van der Waals surface area (Å²) in [6, 6.07) is 33.6. The lowest BCUT2D eigenvalue weighted by molar-refractivity contribution is 0.0950. The zero-order chi connectivity index (χ0) is 25.9. The van der Waals surface area contributed by atoms with Crippen LogP contribution in [0, 0.1) is 0 Å². The first-order chi connectivity index (χ1) is 18.1. The predicted molar refractivity (Wildman–Crippen MR) is 150 cm³/mol. The Labute approximate surface area is 221 Å². The number of ether oxygens (including phenoxy) is 1. The summed E-state index contributed by atoms with van der Waals surface area (Å²) in [6.45, 7) is 0.947. The minimum atomic E-state index is -0.362. The number of rotatable bonds is 9. The van der Waals surface area contributed by atoms with Crippen LogP contribution >= 0.6 is 12.2 Å². The lowest BCUT2D eigenvalue weighted by Crippen LogP contribution is -2.35. The molecule has 4 rings (SSSR count). The van der Waals surface area contributed by atoms with E-state index in [1.807, 2.05) is 48.5 Å². The zero-order valence-corrected chi connectivity index (χ0v) is 21.0. The number of anilines is 1. The van der Waals surface area contributed by atoms with Crippen LogP contribution in [0.3, 0.4) is 0 Å². The number of thiocarbonyl (C=S) groups is 1. The fraction of sp³-hybridized carbons (Fsp3) is 0.100. The number of nitrogens with one attached hydrogen (secondary N) is 3. The van der Waals surface area contributed by atoms with E-state index < -0.39 is 0 Å². The highest BCUT2D eigenvalue weighted by molar-refractivity contribution is 7.80. The van der Waals surface area contributed by atoms with Gasteiger partial charge in [-0.1, -0.05) is 72.8 Å². The number of hydrogen-bond donors (Lipinski definition) is 3. The molecule has 0 heterocycles. The van der Waals surface area contributed by atoms with Crippen LogP contribution in [0.2, 0.25) is 0 Å². The van der Waals surface area contributed by atoms with E-state index in [1.165, 1.54) is 5.56 Å². The summed E-state index contributed by atoms with van der Waals surface area (Å²) in [5.41, 5.74) is 3.56. The molecule has 6 nitrogen and oxygen atoms in total. The van der Waals surface area contributed by atoms with Gasteiger partial charge in [-0.2, -0.15) is 0 Å². The number of carbonyl (C=O) groups excluding carboxylic acids is 2. The minimum absolute atomic E-state index is 0.0940. The average Bonchev–Trinajstić information content (AvgIpc) is 2.93. The Kier molecular flexibility index (Phi) is 8.99. The fourth-order valence-corrected chi connectivity index (χ4v) is 3.83. The summed E-state index contributed by atoms with van der Waals surface area (Å²) in [6.07, 6.45) is 0.800. The van der Waals surface area contributed by atoms with Crippen molar-refractivity contribution >= 4 is 34.8 Å². The van der Waals surface area contributed by atoms with Crippen LogP contribution < -0.4 is 20.7 Å². The molecule has 37 heavy (non-hydrogen) atoms. The largest absolute Gasteiger partial charge is 0.493 e. The second-order valence-corrected chi connectivity index (χ2v) is 8.64. The van der Waals surface area contributed by atoms with E-state index in [1.54, 1.807) is 48.5 Å². The van der Waals surface area contributed by atoms with Crippen LogP contribution in [-0.2, 0) is 13.0 Å². The number of carbonyl (C=O) groups is 2. The van der Waals surface area contributed by atoms with Gasteiger partial charge in [0.25, 0.3) is 11.8 Å². The molecule has 0 saturated heterocycles. The molecule has 3 N–H and O–H groups in total. The highest BCUT2D eigenvalue weighted by atomic mass is 32.1. The Bertz CT molecular complexity index is 1340. The maximum absolute atomic E-state index is 12.8. The van der Waals surface area contributed by atoms with Gasteiger partial charge in [-0.15, -0.1) is 0 Å². The lowest BCUT2D eigenvalue weighted by atomic mass is 10.1. The molecule has 186 valence electrons. The van der Waals surface area contributed by atoms with Crippen molar-refractivity contribution in [2.45, 2.75) is 13.0 Å². The van der Waals surface area contributed by atoms with E-state index in [9.17, 15) is 9.59 Å². The summed E-state index contributed by atoms with van der Waals surface area (Å²) < 4.78 is 5.78. The highest BCUT2D eigenvalue weighted by Crippen LogP contribution is 2.16. The van der Waals surface area contributed by atoms with Gasteiger partial charge in [0, 0.05) is 18.5 Å². The second kappa shape index (κ2) is 13.0. The van der Waals surface area contributed by atoms with Crippen molar-refractivity contribution in [1.29, 1.82) is 0 Å². The molecule has 0 spiro atoms. The molecule has 4 aromatic rings. The Morgan fingerprint density at radius 1 is 0.703 bits per heavy atom. The van der Waals surface area contributed by atoms with Crippen molar-refractivity contribution < 1.29 is 14.3 Å². The molecule has 7 heteroatoms. The van der Waals surface area contributed by atoms with Crippen molar-refractivity contribution in [3.63, 3.8) is 0 Å². The molecular weight excluding hydrogens is 482 g/mol. The highest BCUT2D eigenvalue weighted by Gasteiger charge is 2.14. The van der Waals surface area contributed by atoms with Crippen LogP contribution in [0.1, 0.15) is 31.8 Å². The van der Waals surface area contributed by atoms with Gasteiger partial charge in [0.15, 0.2) is 5.11 Å². The normalized spacial score (nSPS) is 10.3. The third kappa shape index (κ3) is 7.75. The maximum Gasteiger partial charge on any atom is 0.257 e. The van der Waals surface area contributed by atoms with Gasteiger partial charge in [-0.25, -0.2) is 0 Å². The Hall–Kier alpha value is -4.49. The molecule has 0 saturated carbocycles. The quantitative estimate of drug-likeness (QED) is 0.265. The summed E-state index contributed by atoms with van der Waals surface area (Å²) >= 11 is 5.33. The van der Waals surface area contributed by atoms with Crippen LogP contribution in [0.15, 0.2) is 109 Å². The Balaban J connectivity index is 1.28. The number of hydrogen-bond acceptors (Lipinski definition) is 4. The van der Waals surface area contributed by atoms with Crippen LogP contribution in [0.4, 0.5) is 5.69 Å². The van der Waals surface area contributed by atoms with E-state index in [0.717, 1.165) is 12.0 Å². The molecule has 0 aromatic heterocycles. The topological polar surface area (TPSA) is 79.5 Å². The van der Waals surface area contributed by atoms with Gasteiger partial charge < -0.3 is 15.4 Å². The average molecular weight is 510 g/mol. The van der Waals surface area contributed by atoms with Crippen LogP contribution in [0.25, 0.3) is 0 Å². The summed E-state index contributed by atoms with van der Waals surface area (Å²) in [7, 11) is 0. The standard InChI is InChI=1S/C30H27N3O3S/c34-28(24-15-17-25(18-16-24)36-20-19-22-9-3-1-4-10-22)33-30(37)32-27-14-8-7-13-26(27)29(35)31-21-23-11-5-2-6-12-23/h1-18H,19-21H2,(H,31,35)(H2,32,33,34,37). The van der Waals surface area contributed by atoms with E-state index in [-0.39, 0.29) is 16.9 Å². The fourth-order valence-electron chi connectivity index (χ4n) is 3.63. The molecule has 0 aliphatic carbocycles. The lowest BCUT2D eigenvalue weighted by Gasteiger charge is -2.14. The van der Waals surface area contributed by atoms with Crippen molar-refractivity contribution in [2.24, 2.45) is 0 Å². The van der Waals surface area contributed by atoms with Crippen molar-refractivity contribution in [1.82, 2.24) is 10.6 Å². The predicted octanol–water partition coefficient (Wildman–Crippen LogP) is 5.36. The molecule has 0 unspecified atom stereocenters. The molecule has 0 bridgehead atoms. The first-order valence-corrected chi connectivity index (χ1v) is 12.3. The number of para-hydroxylation sites is 1. The van der Waals surface area contributed by atoms with Gasteiger partial charge >= 0.3 is 0 Å². The number of benzene rings is 4. The Morgan fingerprint density at radius 2 is 1.32 bits per heavy atom.